The van der Waals surface area contributed by atoms with Gasteiger partial charge in [0.2, 0.25) is 0 Å². The first kappa shape index (κ1) is 16.7. The molecule has 1 aromatic carbocycles. The van der Waals surface area contributed by atoms with Crippen molar-refractivity contribution in [1.82, 2.24) is 0 Å². The maximum Gasteiger partial charge on any atom is 0.141 e. The minimum Gasteiger partial charge on any atom is -0.269 e. The van der Waals surface area contributed by atoms with E-state index in [0.717, 1.165) is 0 Å². The van der Waals surface area contributed by atoms with Crippen LogP contribution in [-0.4, -0.2) is 0 Å². The average Bonchev–Trinajstić information content (AvgIpc) is 1.77. The van der Waals surface area contributed by atoms with Gasteiger partial charge in [-0.15, -0.1) is 0 Å². The molecule has 0 unspecified atom stereocenters. The van der Waals surface area contributed by atoms with Crippen LogP contribution in [0.25, 0.3) is 0 Å². The monoisotopic (exact) mass is 190 g/mol. The smallest absolute Gasteiger partial charge is 0.141 e. The Morgan fingerprint density at radius 2 is 1.45 bits per heavy atom. The van der Waals surface area contributed by atoms with Gasteiger partial charge in [0.1, 0.15) is 5.82 Å². The van der Waals surface area contributed by atoms with Gasteiger partial charge in [-0.05, 0) is 12.1 Å². The largest absolute Gasteiger partial charge is 0.269 e. The summed E-state index contributed by atoms with van der Waals surface area (Å²) in [5.41, 5.74) is 0. The van der Waals surface area contributed by atoms with Crippen molar-refractivity contribution in [2.45, 2.75) is 0 Å². The van der Waals surface area contributed by atoms with Gasteiger partial charge in [-0.2, -0.15) is 0 Å². The maximum absolute atomic E-state index is 12.2. The van der Waals surface area contributed by atoms with Gasteiger partial charge in [-0.1, -0.05) is 23.7 Å². The molecule has 0 aliphatic rings. The third kappa shape index (κ3) is 4.61. The third-order valence-electron chi connectivity index (χ3n) is 0.824. The molecule has 0 spiro atoms. The fourth-order valence-electron chi connectivity index (χ4n) is 0.439. The number of hydrogen-bond donors (Lipinski definition) is 0. The first-order valence-electron chi connectivity index (χ1n) is 2.21. The summed E-state index contributed by atoms with van der Waals surface area (Å²) in [6, 6.07) is 6.12. The number of rotatable bonds is 0. The fraction of sp³-hybridized carbons (Fsp3) is 0. The summed E-state index contributed by atoms with van der Waals surface area (Å²) in [5, 5.41) is 0.174. The van der Waals surface area contributed by atoms with Crippen molar-refractivity contribution < 1.29 is 18.5 Å². The summed E-state index contributed by atoms with van der Waals surface area (Å²) in [5.74, 6) is -0.367. The quantitative estimate of drug-likeness (QED) is 0.552. The second-order valence-electron chi connectivity index (χ2n) is 1.41. The average molecular weight is 191 g/mol. The molecular weight excluding hydrogens is 184 g/mol. The molecule has 0 aliphatic heterocycles. The van der Waals surface area contributed by atoms with Crippen molar-refractivity contribution in [3.63, 3.8) is 0 Å². The van der Waals surface area contributed by atoms with Crippen LogP contribution in [0.4, 0.5) is 18.5 Å². The zero-order valence-electron chi connectivity index (χ0n) is 5.29. The lowest BCUT2D eigenvalue weighted by Gasteiger charge is -1.86. The van der Waals surface area contributed by atoms with E-state index >= 15 is 0 Å². The van der Waals surface area contributed by atoms with Crippen LogP contribution in [0.3, 0.4) is 0 Å². The van der Waals surface area contributed by atoms with Crippen molar-refractivity contribution in [3.8, 4) is 0 Å². The van der Waals surface area contributed by atoms with Crippen LogP contribution in [0.5, 0.6) is 0 Å². The lowest BCUT2D eigenvalue weighted by atomic mass is 10.4. The zero-order chi connectivity index (χ0) is 5.98. The molecule has 66 valence electrons. The molecule has 0 fully saturated rings. The normalized spacial score (nSPS) is 6.73. The van der Waals surface area contributed by atoms with E-state index in [2.05, 4.69) is 0 Å². The molecule has 5 heteroatoms. The molecule has 0 atom stereocenters. The van der Waals surface area contributed by atoms with E-state index in [4.69, 9.17) is 11.6 Å². The van der Waals surface area contributed by atoms with Crippen molar-refractivity contribution in [3.05, 3.63) is 35.1 Å². The van der Waals surface area contributed by atoms with E-state index in [9.17, 15) is 4.39 Å². The molecule has 0 aromatic heterocycles. The first-order chi connectivity index (χ1) is 3.80. The standard InChI is InChI=1S/C6H4ClF.3FH/c7-5-3-1-2-4-6(5)8;;;/h1-4H;3*1H. The van der Waals surface area contributed by atoms with Gasteiger partial charge in [-0.3, -0.25) is 14.1 Å². The van der Waals surface area contributed by atoms with E-state index in [-0.39, 0.29) is 25.0 Å². The highest BCUT2D eigenvalue weighted by molar-refractivity contribution is 6.30. The summed E-state index contributed by atoms with van der Waals surface area (Å²) >= 11 is 5.33. The topological polar surface area (TPSA) is 0 Å². The summed E-state index contributed by atoms with van der Waals surface area (Å²) in [7, 11) is 0. The Hall–Kier alpha value is -0.770. The van der Waals surface area contributed by atoms with Gasteiger partial charge in [0.25, 0.3) is 0 Å². The molecule has 1 aromatic rings. The van der Waals surface area contributed by atoms with Gasteiger partial charge >= 0.3 is 0 Å². The Bertz CT molecular complexity index is 171. The molecule has 0 radical (unpaired) electrons. The third-order valence-corrected chi connectivity index (χ3v) is 1.13. The minimum absolute atomic E-state index is 0. The van der Waals surface area contributed by atoms with Crippen molar-refractivity contribution in [2.75, 3.05) is 0 Å². The van der Waals surface area contributed by atoms with E-state index < -0.39 is 0 Å². The van der Waals surface area contributed by atoms with Crippen LogP contribution in [0.2, 0.25) is 5.02 Å². The minimum atomic E-state index is -0.367. The van der Waals surface area contributed by atoms with Crippen molar-refractivity contribution in [2.24, 2.45) is 0 Å². The SMILES string of the molecule is F.F.F.Fc1ccccc1Cl. The molecule has 0 aliphatic carbocycles. The molecule has 1 rings (SSSR count). The molecular formula is C6H7ClF4. The Morgan fingerprint density at radius 1 is 1.00 bits per heavy atom. The molecule has 0 saturated heterocycles. The second kappa shape index (κ2) is 7.34. The van der Waals surface area contributed by atoms with E-state index in [0.29, 0.717) is 0 Å². The van der Waals surface area contributed by atoms with Crippen LogP contribution < -0.4 is 0 Å². The second-order valence-corrected chi connectivity index (χ2v) is 1.82. The molecule has 11 heavy (non-hydrogen) atoms. The van der Waals surface area contributed by atoms with Crippen LogP contribution >= 0.6 is 11.6 Å². The maximum atomic E-state index is 12.2. The summed E-state index contributed by atoms with van der Waals surface area (Å²) < 4.78 is 12.2. The predicted octanol–water partition coefficient (Wildman–Crippen LogP) is 2.94. The molecule has 0 amide bonds. The van der Waals surface area contributed by atoms with Crippen LogP contribution in [-0.2, 0) is 0 Å². The van der Waals surface area contributed by atoms with Crippen molar-refractivity contribution in [1.29, 1.82) is 0 Å². The van der Waals surface area contributed by atoms with E-state index in [1.807, 2.05) is 0 Å². The molecule has 0 heterocycles. The first-order valence-corrected chi connectivity index (χ1v) is 2.58. The number of hydrogen-bond acceptors (Lipinski definition) is 0. The molecule has 0 nitrogen and oxygen atoms in total. The Labute approximate surface area is 66.1 Å². The van der Waals surface area contributed by atoms with Gasteiger partial charge in [0.05, 0.1) is 5.02 Å². The van der Waals surface area contributed by atoms with Gasteiger partial charge < -0.3 is 0 Å². The lowest BCUT2D eigenvalue weighted by Crippen LogP contribution is -1.70. The highest BCUT2D eigenvalue weighted by atomic mass is 35.5. The van der Waals surface area contributed by atoms with E-state index in [1.54, 1.807) is 12.1 Å². The van der Waals surface area contributed by atoms with Crippen LogP contribution in [0.15, 0.2) is 24.3 Å². The molecule has 0 N–H and O–H groups in total. The highest BCUT2D eigenvalue weighted by Gasteiger charge is 1.91. The van der Waals surface area contributed by atoms with Gasteiger partial charge in [-0.25, -0.2) is 4.39 Å². The fourth-order valence-corrected chi connectivity index (χ4v) is 0.575. The summed E-state index contributed by atoms with van der Waals surface area (Å²) in [6.45, 7) is 0. The van der Waals surface area contributed by atoms with Crippen LogP contribution in [0, 0.1) is 5.82 Å². The molecule has 0 saturated carbocycles. The summed E-state index contributed by atoms with van der Waals surface area (Å²) in [4.78, 5) is 0. The van der Waals surface area contributed by atoms with Gasteiger partial charge in [0.15, 0.2) is 0 Å². The molecule has 0 bridgehead atoms. The predicted molar refractivity (Wildman–Crippen MR) is 38.9 cm³/mol. The Morgan fingerprint density at radius 3 is 1.73 bits per heavy atom. The van der Waals surface area contributed by atoms with Gasteiger partial charge in [0, 0.05) is 0 Å². The lowest BCUT2D eigenvalue weighted by molar-refractivity contribution is 0.628. The van der Waals surface area contributed by atoms with Crippen LogP contribution in [0.1, 0.15) is 0 Å². The summed E-state index contributed by atoms with van der Waals surface area (Å²) in [6.07, 6.45) is 0. The Balaban J connectivity index is -0.000000213. The highest BCUT2D eigenvalue weighted by Crippen LogP contribution is 2.11. The number of halogens is 5. The van der Waals surface area contributed by atoms with E-state index in [1.165, 1.54) is 12.1 Å². The van der Waals surface area contributed by atoms with Crippen molar-refractivity contribution >= 4 is 11.6 Å². The Kier molecular flexibility index (Phi) is 11.1. The number of benzene rings is 1. The zero-order valence-corrected chi connectivity index (χ0v) is 6.05.